The van der Waals surface area contributed by atoms with Gasteiger partial charge in [0.2, 0.25) is 5.91 Å². The molecule has 5 rings (SSSR count). The van der Waals surface area contributed by atoms with Gasteiger partial charge >= 0.3 is 0 Å². The van der Waals surface area contributed by atoms with Gasteiger partial charge in [0.15, 0.2) is 5.01 Å². The van der Waals surface area contributed by atoms with Crippen molar-refractivity contribution in [3.63, 3.8) is 0 Å². The highest BCUT2D eigenvalue weighted by Gasteiger charge is 2.26. The minimum Gasteiger partial charge on any atom is -0.491 e. The number of primary amides is 1. The highest BCUT2D eigenvalue weighted by Crippen LogP contribution is 2.33. The van der Waals surface area contributed by atoms with Gasteiger partial charge in [-0.1, -0.05) is 6.07 Å². The molecule has 4 heterocycles. The van der Waals surface area contributed by atoms with Crippen LogP contribution in [0.5, 0.6) is 5.75 Å². The third-order valence-electron chi connectivity index (χ3n) is 6.60. The smallest absolute Gasteiger partial charge is 0.282 e. The Morgan fingerprint density at radius 3 is 2.52 bits per heavy atom. The lowest BCUT2D eigenvalue weighted by molar-refractivity contribution is 0.0745. The van der Waals surface area contributed by atoms with Crippen molar-refractivity contribution < 1.29 is 14.3 Å². The van der Waals surface area contributed by atoms with E-state index in [1.54, 1.807) is 18.2 Å². The van der Waals surface area contributed by atoms with Gasteiger partial charge in [-0.05, 0) is 57.5 Å². The summed E-state index contributed by atoms with van der Waals surface area (Å²) in [5.74, 6) is 1.11. The predicted molar refractivity (Wildman–Crippen MR) is 159 cm³/mol. The average molecular weight is 577 g/mol. The van der Waals surface area contributed by atoms with E-state index in [9.17, 15) is 9.59 Å². The Bertz CT molecular complexity index is 1520. The number of anilines is 1. The molecule has 2 amide bonds. The summed E-state index contributed by atoms with van der Waals surface area (Å²) in [6.45, 7) is 10.5. The number of carbonyl (C=O) groups excluding carboxylic acids is 2. The van der Waals surface area contributed by atoms with Crippen molar-refractivity contribution in [2.24, 2.45) is 5.73 Å². The van der Waals surface area contributed by atoms with Crippen molar-refractivity contribution in [1.29, 1.82) is 0 Å². The molecule has 40 heavy (non-hydrogen) atoms. The summed E-state index contributed by atoms with van der Waals surface area (Å²) in [7, 11) is 0. The highest BCUT2D eigenvalue weighted by molar-refractivity contribution is 7.17. The van der Waals surface area contributed by atoms with E-state index in [4.69, 9.17) is 15.5 Å². The van der Waals surface area contributed by atoms with Crippen molar-refractivity contribution in [3.8, 4) is 16.3 Å². The second-order valence-corrected chi connectivity index (χ2v) is 12.0. The molecule has 1 aromatic carbocycles. The quantitative estimate of drug-likeness (QED) is 0.323. The largest absolute Gasteiger partial charge is 0.491 e. The molecule has 0 radical (unpaired) electrons. The Hall–Kier alpha value is -3.83. The number of benzene rings is 1. The molecule has 0 atom stereocenters. The summed E-state index contributed by atoms with van der Waals surface area (Å²) in [4.78, 5) is 44.0. The van der Waals surface area contributed by atoms with Gasteiger partial charge in [0.1, 0.15) is 11.6 Å². The first kappa shape index (κ1) is 27.7. The number of ether oxygens (including phenoxy) is 1. The fourth-order valence-corrected chi connectivity index (χ4v) is 6.42. The molecule has 1 aliphatic rings. The van der Waals surface area contributed by atoms with Crippen LogP contribution in [0, 0.1) is 13.8 Å². The number of thiazole rings is 2. The number of amides is 2. The van der Waals surface area contributed by atoms with Crippen LogP contribution in [0.3, 0.4) is 0 Å². The Morgan fingerprint density at radius 2 is 1.85 bits per heavy atom. The number of hydrogen-bond acceptors (Lipinski definition) is 9. The van der Waals surface area contributed by atoms with Gasteiger partial charge in [-0.25, -0.2) is 15.0 Å². The van der Waals surface area contributed by atoms with Crippen LogP contribution in [0.15, 0.2) is 41.9 Å². The summed E-state index contributed by atoms with van der Waals surface area (Å²) in [5, 5.41) is 3.33. The van der Waals surface area contributed by atoms with Crippen molar-refractivity contribution in [2.75, 3.05) is 31.1 Å². The summed E-state index contributed by atoms with van der Waals surface area (Å²) in [5.41, 5.74) is 9.49. The maximum absolute atomic E-state index is 13.3. The number of nitrogens with two attached hydrogens (primary N) is 1. The van der Waals surface area contributed by atoms with Gasteiger partial charge < -0.3 is 20.3 Å². The first-order chi connectivity index (χ1) is 19.2. The van der Waals surface area contributed by atoms with E-state index >= 15 is 0 Å². The van der Waals surface area contributed by atoms with Gasteiger partial charge in [-0.3, -0.25) is 9.59 Å². The molecule has 0 unspecified atom stereocenters. The third kappa shape index (κ3) is 6.15. The van der Waals surface area contributed by atoms with Crippen molar-refractivity contribution >= 4 is 40.3 Å². The van der Waals surface area contributed by atoms with Gasteiger partial charge in [0.25, 0.3) is 5.91 Å². The molecular formula is C29H32N6O3S2. The zero-order valence-corrected chi connectivity index (χ0v) is 24.6. The Morgan fingerprint density at radius 1 is 1.07 bits per heavy atom. The number of rotatable bonds is 8. The zero-order valence-electron chi connectivity index (χ0n) is 23.0. The molecule has 1 aliphatic heterocycles. The molecule has 1 saturated heterocycles. The van der Waals surface area contributed by atoms with Crippen LogP contribution in [-0.2, 0) is 6.42 Å². The van der Waals surface area contributed by atoms with Gasteiger partial charge in [0, 0.05) is 55.3 Å². The van der Waals surface area contributed by atoms with E-state index < -0.39 is 5.91 Å². The first-order valence-corrected chi connectivity index (χ1v) is 14.9. The van der Waals surface area contributed by atoms with Crippen LogP contribution in [-0.4, -0.2) is 63.9 Å². The van der Waals surface area contributed by atoms with Crippen LogP contribution in [0.2, 0.25) is 0 Å². The molecule has 9 nitrogen and oxygen atoms in total. The van der Waals surface area contributed by atoms with Gasteiger partial charge in [0.05, 0.1) is 27.4 Å². The van der Waals surface area contributed by atoms with E-state index in [1.807, 2.05) is 50.2 Å². The third-order valence-corrected chi connectivity index (χ3v) is 8.62. The number of carbonyl (C=O) groups is 2. The van der Waals surface area contributed by atoms with Gasteiger partial charge in [-0.15, -0.1) is 22.7 Å². The lowest BCUT2D eigenvalue weighted by Gasteiger charge is -2.35. The number of aromatic nitrogens is 3. The molecule has 0 aliphatic carbocycles. The second kappa shape index (κ2) is 11.7. The van der Waals surface area contributed by atoms with Crippen molar-refractivity contribution in [2.45, 2.75) is 40.2 Å². The lowest BCUT2D eigenvalue weighted by Crippen LogP contribution is -2.49. The number of piperazine rings is 1. The Kier molecular flexibility index (Phi) is 8.13. The van der Waals surface area contributed by atoms with Crippen LogP contribution < -0.4 is 15.4 Å². The van der Waals surface area contributed by atoms with E-state index in [0.29, 0.717) is 35.8 Å². The van der Waals surface area contributed by atoms with E-state index in [-0.39, 0.29) is 12.0 Å². The zero-order chi connectivity index (χ0) is 28.4. The molecule has 0 saturated carbocycles. The monoisotopic (exact) mass is 576 g/mol. The van der Waals surface area contributed by atoms with E-state index in [1.165, 1.54) is 22.7 Å². The number of pyridine rings is 1. The maximum Gasteiger partial charge on any atom is 0.282 e. The van der Waals surface area contributed by atoms with Crippen molar-refractivity contribution in [3.05, 3.63) is 74.3 Å². The molecule has 1 fully saturated rings. The van der Waals surface area contributed by atoms with Crippen LogP contribution in [0.1, 0.15) is 55.8 Å². The Balaban J connectivity index is 1.28. The van der Waals surface area contributed by atoms with Gasteiger partial charge in [-0.2, -0.15) is 0 Å². The summed E-state index contributed by atoms with van der Waals surface area (Å²) >= 11 is 2.90. The molecule has 2 N–H and O–H groups in total. The van der Waals surface area contributed by atoms with E-state index in [0.717, 1.165) is 51.3 Å². The predicted octanol–water partition coefficient (Wildman–Crippen LogP) is 4.72. The van der Waals surface area contributed by atoms with Crippen LogP contribution in [0.4, 0.5) is 5.82 Å². The molecule has 3 aromatic heterocycles. The second-order valence-electron chi connectivity index (χ2n) is 10.1. The van der Waals surface area contributed by atoms with Crippen LogP contribution >= 0.6 is 22.7 Å². The van der Waals surface area contributed by atoms with Crippen molar-refractivity contribution in [1.82, 2.24) is 19.9 Å². The molecule has 0 spiro atoms. The Labute approximate surface area is 241 Å². The molecule has 4 aromatic rings. The summed E-state index contributed by atoms with van der Waals surface area (Å²) in [6, 6.07) is 9.31. The SMILES string of the molecule is Cc1ccc(N2CCN(C(=O)c3nc(C)c(-c4csc(Cc5cc(C(N)=O)ccc5OC(C)C)n4)s3)CC2)nc1. The number of nitrogens with zero attached hydrogens (tertiary/aromatic N) is 5. The number of aryl methyl sites for hydroxylation is 2. The maximum atomic E-state index is 13.3. The standard InChI is InChI=1S/C29H32N6O3S2/c1-17(2)38-23-7-6-20(27(30)36)13-21(23)14-25-33-22(16-39-25)26-19(4)32-28(40-26)29(37)35-11-9-34(10-12-35)24-8-5-18(3)15-31-24/h5-8,13,15-17H,9-12,14H2,1-4H3,(H2,30,36). The van der Waals surface area contributed by atoms with E-state index in [2.05, 4.69) is 20.9 Å². The highest BCUT2D eigenvalue weighted by atomic mass is 32.1. The fourth-order valence-electron chi connectivity index (χ4n) is 4.55. The average Bonchev–Trinajstić information content (AvgIpc) is 3.55. The fraction of sp³-hybridized carbons (Fsp3) is 0.345. The topological polar surface area (TPSA) is 115 Å². The molecular weight excluding hydrogens is 544 g/mol. The molecule has 208 valence electrons. The molecule has 0 bridgehead atoms. The van der Waals surface area contributed by atoms with Crippen LogP contribution in [0.25, 0.3) is 10.6 Å². The summed E-state index contributed by atoms with van der Waals surface area (Å²) in [6.07, 6.45) is 2.35. The normalized spacial score (nSPS) is 13.6. The number of hydrogen-bond donors (Lipinski definition) is 1. The first-order valence-electron chi connectivity index (χ1n) is 13.2. The summed E-state index contributed by atoms with van der Waals surface area (Å²) < 4.78 is 5.95. The minimum atomic E-state index is -0.483. The molecule has 11 heteroatoms. The lowest BCUT2D eigenvalue weighted by atomic mass is 10.1. The minimum absolute atomic E-state index is 0.0110.